The first kappa shape index (κ1) is 12.8. The standard InChI is InChI=1S/C14H13BrN2O/c1-10-6-8-11(9-7-10)14(17-18-2)12-4-3-5-13(15)16-12/h3-9H,1-2H3/b17-14-. The van der Waals surface area contributed by atoms with Gasteiger partial charge in [0, 0.05) is 5.56 Å². The molecule has 0 N–H and O–H groups in total. The van der Waals surface area contributed by atoms with E-state index in [9.17, 15) is 0 Å². The van der Waals surface area contributed by atoms with Gasteiger partial charge in [-0.15, -0.1) is 0 Å². The number of aromatic nitrogens is 1. The zero-order chi connectivity index (χ0) is 13.0. The van der Waals surface area contributed by atoms with Crippen LogP contribution in [0.4, 0.5) is 0 Å². The predicted octanol–water partition coefficient (Wildman–Crippen LogP) is 3.55. The largest absolute Gasteiger partial charge is 0.399 e. The number of nitrogens with zero attached hydrogens (tertiary/aromatic N) is 2. The Labute approximate surface area is 115 Å². The van der Waals surface area contributed by atoms with Gasteiger partial charge in [0.2, 0.25) is 0 Å². The molecule has 2 rings (SSSR count). The zero-order valence-corrected chi connectivity index (χ0v) is 11.8. The van der Waals surface area contributed by atoms with Crippen molar-refractivity contribution in [2.75, 3.05) is 7.11 Å². The summed E-state index contributed by atoms with van der Waals surface area (Å²) in [5.74, 6) is 0. The van der Waals surface area contributed by atoms with Gasteiger partial charge in [0.05, 0.1) is 5.69 Å². The molecule has 92 valence electrons. The maximum Gasteiger partial charge on any atom is 0.135 e. The van der Waals surface area contributed by atoms with Crippen molar-refractivity contribution in [2.24, 2.45) is 5.16 Å². The lowest BCUT2D eigenvalue weighted by atomic mass is 10.1. The molecule has 1 heterocycles. The van der Waals surface area contributed by atoms with Gasteiger partial charge in [0.15, 0.2) is 0 Å². The first-order valence-electron chi connectivity index (χ1n) is 5.52. The number of oxime groups is 1. The Bertz CT molecular complexity index is 564. The van der Waals surface area contributed by atoms with E-state index in [1.807, 2.05) is 49.4 Å². The third kappa shape index (κ3) is 2.96. The Hall–Kier alpha value is -1.68. The van der Waals surface area contributed by atoms with Crippen molar-refractivity contribution in [3.8, 4) is 0 Å². The number of hydrogen-bond acceptors (Lipinski definition) is 3. The number of hydrogen-bond donors (Lipinski definition) is 0. The van der Waals surface area contributed by atoms with Gasteiger partial charge in [0.25, 0.3) is 0 Å². The summed E-state index contributed by atoms with van der Waals surface area (Å²) in [5, 5.41) is 4.07. The van der Waals surface area contributed by atoms with Crippen molar-refractivity contribution >= 4 is 21.6 Å². The second-order valence-corrected chi connectivity index (χ2v) is 4.65. The number of pyridine rings is 1. The maximum atomic E-state index is 4.92. The number of halogens is 1. The smallest absolute Gasteiger partial charge is 0.135 e. The van der Waals surface area contributed by atoms with E-state index in [1.165, 1.54) is 12.7 Å². The SMILES string of the molecule is CO/N=C(/c1ccc(C)cc1)c1cccc(Br)n1. The van der Waals surface area contributed by atoms with Crippen LogP contribution in [0.3, 0.4) is 0 Å². The fraction of sp³-hybridized carbons (Fsp3) is 0.143. The summed E-state index contributed by atoms with van der Waals surface area (Å²) < 4.78 is 0.774. The second kappa shape index (κ2) is 5.78. The lowest BCUT2D eigenvalue weighted by Gasteiger charge is -2.06. The van der Waals surface area contributed by atoms with Crippen molar-refractivity contribution in [1.29, 1.82) is 0 Å². The molecule has 1 aromatic heterocycles. The van der Waals surface area contributed by atoms with Crippen LogP contribution < -0.4 is 0 Å². The topological polar surface area (TPSA) is 34.5 Å². The van der Waals surface area contributed by atoms with E-state index in [0.717, 1.165) is 21.6 Å². The average Bonchev–Trinajstić information content (AvgIpc) is 2.37. The molecule has 18 heavy (non-hydrogen) atoms. The Kier molecular flexibility index (Phi) is 4.10. The summed E-state index contributed by atoms with van der Waals surface area (Å²) >= 11 is 3.36. The molecular formula is C14H13BrN2O. The second-order valence-electron chi connectivity index (χ2n) is 3.83. The average molecular weight is 305 g/mol. The molecule has 1 aromatic carbocycles. The Morgan fingerprint density at radius 3 is 2.50 bits per heavy atom. The summed E-state index contributed by atoms with van der Waals surface area (Å²) in [4.78, 5) is 9.31. The van der Waals surface area contributed by atoms with Gasteiger partial charge in [-0.3, -0.25) is 0 Å². The molecule has 0 radical (unpaired) electrons. The predicted molar refractivity (Wildman–Crippen MR) is 75.8 cm³/mol. The Morgan fingerprint density at radius 2 is 1.89 bits per heavy atom. The number of benzene rings is 1. The third-order valence-electron chi connectivity index (χ3n) is 2.47. The minimum atomic E-state index is 0.721. The molecule has 0 fully saturated rings. The first-order chi connectivity index (χ1) is 8.70. The van der Waals surface area contributed by atoms with Crippen LogP contribution in [0.1, 0.15) is 16.8 Å². The summed E-state index contributed by atoms with van der Waals surface area (Å²) in [6.07, 6.45) is 0. The van der Waals surface area contributed by atoms with Gasteiger partial charge in [-0.05, 0) is 35.0 Å². The fourth-order valence-electron chi connectivity index (χ4n) is 1.59. The maximum absolute atomic E-state index is 4.92. The lowest BCUT2D eigenvalue weighted by Crippen LogP contribution is -2.06. The van der Waals surface area contributed by atoms with Crippen molar-refractivity contribution in [3.05, 3.63) is 63.9 Å². The molecule has 0 spiro atoms. The molecule has 2 aromatic rings. The molecule has 0 saturated heterocycles. The third-order valence-corrected chi connectivity index (χ3v) is 2.91. The van der Waals surface area contributed by atoms with Crippen molar-refractivity contribution in [2.45, 2.75) is 6.92 Å². The van der Waals surface area contributed by atoms with E-state index in [0.29, 0.717) is 0 Å². The molecule has 0 aliphatic heterocycles. The van der Waals surface area contributed by atoms with Crippen LogP contribution >= 0.6 is 15.9 Å². The molecule has 0 atom stereocenters. The molecule has 0 saturated carbocycles. The van der Waals surface area contributed by atoms with Crippen LogP contribution in [-0.2, 0) is 4.84 Å². The molecule has 4 heteroatoms. The highest BCUT2D eigenvalue weighted by Gasteiger charge is 2.09. The number of aryl methyl sites for hydroxylation is 1. The molecule has 0 aliphatic rings. The van der Waals surface area contributed by atoms with E-state index in [-0.39, 0.29) is 0 Å². The van der Waals surface area contributed by atoms with Crippen LogP contribution in [0.2, 0.25) is 0 Å². The fourth-order valence-corrected chi connectivity index (χ4v) is 1.93. The van der Waals surface area contributed by atoms with Gasteiger partial charge < -0.3 is 4.84 Å². The minimum absolute atomic E-state index is 0.721. The molecule has 0 bridgehead atoms. The van der Waals surface area contributed by atoms with Crippen LogP contribution in [0.15, 0.2) is 52.2 Å². The summed E-state index contributed by atoms with van der Waals surface area (Å²) in [6, 6.07) is 13.8. The van der Waals surface area contributed by atoms with Gasteiger partial charge in [-0.2, -0.15) is 0 Å². The minimum Gasteiger partial charge on any atom is -0.399 e. The summed E-state index contributed by atoms with van der Waals surface area (Å²) in [6.45, 7) is 2.05. The highest BCUT2D eigenvalue weighted by Crippen LogP contribution is 2.13. The highest BCUT2D eigenvalue weighted by atomic mass is 79.9. The van der Waals surface area contributed by atoms with Gasteiger partial charge in [0.1, 0.15) is 17.4 Å². The Balaban J connectivity index is 2.47. The van der Waals surface area contributed by atoms with Crippen LogP contribution in [0.25, 0.3) is 0 Å². The molecule has 0 unspecified atom stereocenters. The van der Waals surface area contributed by atoms with E-state index in [1.54, 1.807) is 0 Å². The van der Waals surface area contributed by atoms with Crippen molar-refractivity contribution < 1.29 is 4.84 Å². The van der Waals surface area contributed by atoms with Gasteiger partial charge in [-0.1, -0.05) is 41.1 Å². The van der Waals surface area contributed by atoms with E-state index in [2.05, 4.69) is 26.1 Å². The zero-order valence-electron chi connectivity index (χ0n) is 10.2. The van der Waals surface area contributed by atoms with Gasteiger partial charge >= 0.3 is 0 Å². The van der Waals surface area contributed by atoms with Crippen LogP contribution in [0.5, 0.6) is 0 Å². The Morgan fingerprint density at radius 1 is 1.17 bits per heavy atom. The van der Waals surface area contributed by atoms with E-state index < -0.39 is 0 Å². The molecule has 0 amide bonds. The van der Waals surface area contributed by atoms with Gasteiger partial charge in [-0.25, -0.2) is 4.98 Å². The summed E-state index contributed by atoms with van der Waals surface area (Å²) in [5.41, 5.74) is 3.68. The van der Waals surface area contributed by atoms with E-state index >= 15 is 0 Å². The molecular weight excluding hydrogens is 292 g/mol. The lowest BCUT2D eigenvalue weighted by molar-refractivity contribution is 0.214. The summed E-state index contributed by atoms with van der Waals surface area (Å²) in [7, 11) is 1.53. The monoisotopic (exact) mass is 304 g/mol. The van der Waals surface area contributed by atoms with Crippen LogP contribution in [0, 0.1) is 6.92 Å². The van der Waals surface area contributed by atoms with E-state index in [4.69, 9.17) is 4.84 Å². The first-order valence-corrected chi connectivity index (χ1v) is 6.31. The quantitative estimate of drug-likeness (QED) is 0.494. The van der Waals surface area contributed by atoms with Crippen molar-refractivity contribution in [1.82, 2.24) is 4.98 Å². The van der Waals surface area contributed by atoms with Crippen molar-refractivity contribution in [3.63, 3.8) is 0 Å². The highest BCUT2D eigenvalue weighted by molar-refractivity contribution is 9.10. The normalized spacial score (nSPS) is 11.4. The van der Waals surface area contributed by atoms with Crippen LogP contribution in [-0.4, -0.2) is 17.8 Å². The molecule has 3 nitrogen and oxygen atoms in total. The molecule has 0 aliphatic carbocycles. The number of rotatable bonds is 3.